The summed E-state index contributed by atoms with van der Waals surface area (Å²) < 4.78 is 27.7. The van der Waals surface area contributed by atoms with Crippen molar-refractivity contribution in [2.75, 3.05) is 57.3 Å². The van der Waals surface area contributed by atoms with Crippen molar-refractivity contribution in [3.8, 4) is 0 Å². The minimum Gasteiger partial charge on any atom is -0.369 e. The number of piperidine rings is 1. The predicted octanol–water partition coefficient (Wildman–Crippen LogP) is 2.40. The number of rotatable bonds is 7. The fourth-order valence-corrected chi connectivity index (χ4v) is 7.36. The molecule has 2 saturated heterocycles. The first-order chi connectivity index (χ1) is 15.4. The summed E-state index contributed by atoms with van der Waals surface area (Å²) in [6, 6.07) is 13.9. The molecular weight excluding hydrogens is 444 g/mol. The van der Waals surface area contributed by atoms with Gasteiger partial charge in [-0.1, -0.05) is 18.2 Å². The van der Waals surface area contributed by atoms with E-state index >= 15 is 0 Å². The lowest BCUT2D eigenvalue weighted by Gasteiger charge is -2.36. The number of nitrogens with one attached hydrogen (secondary N) is 1. The Morgan fingerprint density at radius 1 is 1.06 bits per heavy atom. The van der Waals surface area contributed by atoms with E-state index in [1.165, 1.54) is 21.3 Å². The van der Waals surface area contributed by atoms with Gasteiger partial charge in [0.2, 0.25) is 5.91 Å². The van der Waals surface area contributed by atoms with E-state index in [9.17, 15) is 13.2 Å². The van der Waals surface area contributed by atoms with Crippen LogP contribution in [0.5, 0.6) is 0 Å². The highest BCUT2D eigenvalue weighted by Gasteiger charge is 2.34. The first kappa shape index (κ1) is 23.2. The summed E-state index contributed by atoms with van der Waals surface area (Å²) in [5, 5.41) is 3.05. The summed E-state index contributed by atoms with van der Waals surface area (Å²) in [6.45, 7) is 7.97. The van der Waals surface area contributed by atoms with E-state index < -0.39 is 10.0 Å². The first-order valence-corrected chi connectivity index (χ1v) is 13.6. The van der Waals surface area contributed by atoms with Crippen LogP contribution in [0.2, 0.25) is 0 Å². The summed E-state index contributed by atoms with van der Waals surface area (Å²) in [7, 11) is -3.51. The van der Waals surface area contributed by atoms with Crippen LogP contribution in [0.3, 0.4) is 0 Å². The smallest absolute Gasteiger partial charge is 0.252 e. The van der Waals surface area contributed by atoms with Crippen molar-refractivity contribution >= 4 is 33.0 Å². The molecule has 1 aromatic carbocycles. The summed E-state index contributed by atoms with van der Waals surface area (Å²) in [4.78, 5) is 18.5. The van der Waals surface area contributed by atoms with E-state index in [0.29, 0.717) is 23.7 Å². The van der Waals surface area contributed by atoms with Gasteiger partial charge in [-0.3, -0.25) is 9.69 Å². The molecule has 1 amide bonds. The van der Waals surface area contributed by atoms with Gasteiger partial charge in [-0.05, 0) is 44.0 Å². The van der Waals surface area contributed by atoms with Gasteiger partial charge in [-0.15, -0.1) is 11.3 Å². The normalized spacial score (nSPS) is 20.9. The van der Waals surface area contributed by atoms with Crippen LogP contribution >= 0.6 is 11.3 Å². The third kappa shape index (κ3) is 5.51. The Bertz CT molecular complexity index is 1000. The number of anilines is 1. The quantitative estimate of drug-likeness (QED) is 0.664. The van der Waals surface area contributed by atoms with Crippen LogP contribution < -0.4 is 10.2 Å². The van der Waals surface area contributed by atoms with Gasteiger partial charge in [-0.25, -0.2) is 8.42 Å². The van der Waals surface area contributed by atoms with Gasteiger partial charge < -0.3 is 10.2 Å². The van der Waals surface area contributed by atoms with Gasteiger partial charge in [0.1, 0.15) is 4.21 Å². The highest BCUT2D eigenvalue weighted by atomic mass is 32.2. The Balaban J connectivity index is 1.21. The molecule has 2 aliphatic rings. The summed E-state index contributed by atoms with van der Waals surface area (Å²) in [5.41, 5.74) is 1.26. The number of thiophene rings is 1. The maximum absolute atomic E-state index is 12.9. The molecule has 32 heavy (non-hydrogen) atoms. The van der Waals surface area contributed by atoms with Crippen LogP contribution in [0.1, 0.15) is 17.7 Å². The number of sulfonamides is 1. The molecule has 0 spiro atoms. The Labute approximate surface area is 195 Å². The highest BCUT2D eigenvalue weighted by Crippen LogP contribution is 2.28. The van der Waals surface area contributed by atoms with E-state index in [-0.39, 0.29) is 18.4 Å². The molecule has 2 fully saturated rings. The Hall–Kier alpha value is -1.94. The third-order valence-corrected chi connectivity index (χ3v) is 9.62. The maximum atomic E-state index is 12.9. The van der Waals surface area contributed by atoms with Crippen molar-refractivity contribution in [2.45, 2.75) is 24.0 Å². The van der Waals surface area contributed by atoms with Crippen molar-refractivity contribution < 1.29 is 13.2 Å². The molecule has 9 heteroatoms. The lowest BCUT2D eigenvalue weighted by molar-refractivity contribution is -0.126. The number of nitrogens with zero attached hydrogens (tertiary/aromatic N) is 3. The summed E-state index contributed by atoms with van der Waals surface area (Å²) in [6.07, 6.45) is 1.44. The minimum absolute atomic E-state index is 0.0322. The second-order valence-corrected chi connectivity index (χ2v) is 12.0. The molecule has 0 aliphatic carbocycles. The standard InChI is InChI=1S/C23H32N4O3S2/c1-19-9-10-22(31-19)32(29,30)27-12-5-6-20(18-27)23(28)24-11-13-25-14-16-26(17-15-25)21-7-3-2-4-8-21/h2-4,7-10,20H,5-6,11-18H2,1H3,(H,24,28). The number of para-hydroxylation sites is 1. The maximum Gasteiger partial charge on any atom is 0.252 e. The lowest BCUT2D eigenvalue weighted by Crippen LogP contribution is -2.49. The number of benzene rings is 1. The van der Waals surface area contributed by atoms with E-state index in [4.69, 9.17) is 0 Å². The van der Waals surface area contributed by atoms with E-state index in [1.807, 2.05) is 19.1 Å². The fraction of sp³-hybridized carbons (Fsp3) is 0.522. The Morgan fingerprint density at radius 2 is 1.81 bits per heavy atom. The molecule has 1 N–H and O–H groups in total. The molecule has 4 rings (SSSR count). The van der Waals surface area contributed by atoms with Gasteiger partial charge in [0.05, 0.1) is 5.92 Å². The first-order valence-electron chi connectivity index (χ1n) is 11.3. The molecule has 1 unspecified atom stereocenters. The van der Waals surface area contributed by atoms with Crippen molar-refractivity contribution in [3.05, 3.63) is 47.3 Å². The monoisotopic (exact) mass is 476 g/mol. The molecular formula is C23H32N4O3S2. The molecule has 0 radical (unpaired) electrons. The number of piperazine rings is 1. The van der Waals surface area contributed by atoms with E-state index in [2.05, 4.69) is 39.4 Å². The van der Waals surface area contributed by atoms with Crippen LogP contribution in [-0.4, -0.2) is 75.9 Å². The zero-order valence-electron chi connectivity index (χ0n) is 18.6. The number of amides is 1. The van der Waals surface area contributed by atoms with Crippen molar-refractivity contribution in [3.63, 3.8) is 0 Å². The molecule has 0 bridgehead atoms. The van der Waals surface area contributed by atoms with Gasteiger partial charge in [0, 0.05) is 62.9 Å². The second-order valence-electron chi connectivity index (χ2n) is 8.52. The SMILES string of the molecule is Cc1ccc(S(=O)(=O)N2CCCC(C(=O)NCCN3CCN(c4ccccc4)CC3)C2)s1. The fourth-order valence-electron chi connectivity index (χ4n) is 4.40. The number of aryl methyl sites for hydroxylation is 1. The van der Waals surface area contributed by atoms with Gasteiger partial charge in [0.15, 0.2) is 0 Å². The molecule has 0 saturated carbocycles. The van der Waals surface area contributed by atoms with Gasteiger partial charge in [-0.2, -0.15) is 4.31 Å². The van der Waals surface area contributed by atoms with Crippen LogP contribution in [0.15, 0.2) is 46.7 Å². The summed E-state index contributed by atoms with van der Waals surface area (Å²) in [5.74, 6) is -0.315. The molecule has 7 nitrogen and oxygen atoms in total. The molecule has 1 atom stereocenters. The molecule has 3 heterocycles. The van der Waals surface area contributed by atoms with E-state index in [0.717, 1.165) is 44.0 Å². The zero-order chi connectivity index (χ0) is 22.6. The Morgan fingerprint density at radius 3 is 2.50 bits per heavy atom. The molecule has 1 aromatic heterocycles. The van der Waals surface area contributed by atoms with Gasteiger partial charge in [0.25, 0.3) is 10.0 Å². The number of carbonyl (C=O) groups is 1. The van der Waals surface area contributed by atoms with Crippen LogP contribution in [0.25, 0.3) is 0 Å². The Kier molecular flexibility index (Phi) is 7.50. The minimum atomic E-state index is -3.51. The average molecular weight is 477 g/mol. The lowest BCUT2D eigenvalue weighted by atomic mass is 9.99. The number of carbonyl (C=O) groups excluding carboxylic acids is 1. The zero-order valence-corrected chi connectivity index (χ0v) is 20.2. The third-order valence-electron chi connectivity index (χ3n) is 6.29. The van der Waals surface area contributed by atoms with Crippen LogP contribution in [0.4, 0.5) is 5.69 Å². The number of hydrogen-bond donors (Lipinski definition) is 1. The van der Waals surface area contributed by atoms with Crippen molar-refractivity contribution in [1.82, 2.24) is 14.5 Å². The largest absolute Gasteiger partial charge is 0.369 e. The number of hydrogen-bond acceptors (Lipinski definition) is 6. The van der Waals surface area contributed by atoms with Crippen LogP contribution in [0, 0.1) is 12.8 Å². The highest BCUT2D eigenvalue weighted by molar-refractivity contribution is 7.91. The summed E-state index contributed by atoms with van der Waals surface area (Å²) >= 11 is 1.29. The van der Waals surface area contributed by atoms with Crippen molar-refractivity contribution in [2.24, 2.45) is 5.92 Å². The average Bonchev–Trinajstić information content (AvgIpc) is 3.27. The molecule has 2 aliphatic heterocycles. The van der Waals surface area contributed by atoms with Crippen LogP contribution in [-0.2, 0) is 14.8 Å². The molecule has 2 aromatic rings. The van der Waals surface area contributed by atoms with Crippen molar-refractivity contribution in [1.29, 1.82) is 0 Å². The van der Waals surface area contributed by atoms with E-state index in [1.54, 1.807) is 6.07 Å². The van der Waals surface area contributed by atoms with Gasteiger partial charge >= 0.3 is 0 Å². The second kappa shape index (κ2) is 10.3. The molecule has 174 valence electrons. The predicted molar refractivity (Wildman–Crippen MR) is 129 cm³/mol. The topological polar surface area (TPSA) is 73.0 Å².